The fraction of sp³-hybridized carbons (Fsp3) is 0.500. The first-order valence-corrected chi connectivity index (χ1v) is 6.40. The average Bonchev–Trinajstić information content (AvgIpc) is 2.66. The maximum Gasteiger partial charge on any atom is 0.109 e. The molecule has 0 aliphatic carbocycles. The minimum atomic E-state index is 0.581. The molecule has 2 rings (SSSR count). The molecule has 0 aliphatic rings. The molecule has 3 heteroatoms. The number of unbranched alkanes of at least 4 members (excludes halogenated alkanes) is 2. The van der Waals surface area contributed by atoms with Crippen LogP contribution in [0.1, 0.15) is 37.6 Å². The zero-order valence-corrected chi connectivity index (χ0v) is 10.7. The van der Waals surface area contributed by atoms with E-state index in [2.05, 4.69) is 36.7 Å². The van der Waals surface area contributed by atoms with Crippen LogP contribution >= 0.6 is 0 Å². The van der Waals surface area contributed by atoms with E-state index in [1.807, 2.05) is 0 Å². The number of aromatic nitrogens is 2. The SMILES string of the molecule is CCCCCc1nc2cc(CN)ccc2n1C. The van der Waals surface area contributed by atoms with Gasteiger partial charge in [-0.25, -0.2) is 4.98 Å². The molecule has 0 aliphatic heterocycles. The smallest absolute Gasteiger partial charge is 0.109 e. The molecule has 2 N–H and O–H groups in total. The van der Waals surface area contributed by atoms with E-state index in [4.69, 9.17) is 10.7 Å². The maximum absolute atomic E-state index is 5.65. The Morgan fingerprint density at radius 3 is 2.82 bits per heavy atom. The summed E-state index contributed by atoms with van der Waals surface area (Å²) >= 11 is 0. The van der Waals surface area contributed by atoms with Gasteiger partial charge in [0.05, 0.1) is 11.0 Å². The number of aryl methyl sites for hydroxylation is 2. The summed E-state index contributed by atoms with van der Waals surface area (Å²) in [5.41, 5.74) is 9.07. The molecule has 0 atom stereocenters. The van der Waals surface area contributed by atoms with Gasteiger partial charge in [0.25, 0.3) is 0 Å². The van der Waals surface area contributed by atoms with Crippen molar-refractivity contribution < 1.29 is 0 Å². The van der Waals surface area contributed by atoms with Gasteiger partial charge >= 0.3 is 0 Å². The van der Waals surface area contributed by atoms with Gasteiger partial charge in [-0.15, -0.1) is 0 Å². The molecule has 0 fully saturated rings. The highest BCUT2D eigenvalue weighted by Gasteiger charge is 2.07. The molecule has 0 spiro atoms. The summed E-state index contributed by atoms with van der Waals surface area (Å²) in [5.74, 6) is 1.18. The molecule has 1 aromatic heterocycles. The van der Waals surface area contributed by atoms with E-state index < -0.39 is 0 Å². The van der Waals surface area contributed by atoms with Crippen LogP contribution in [0.15, 0.2) is 18.2 Å². The summed E-state index contributed by atoms with van der Waals surface area (Å²) in [5, 5.41) is 0. The maximum atomic E-state index is 5.65. The third-order valence-electron chi connectivity index (χ3n) is 3.28. The molecule has 17 heavy (non-hydrogen) atoms. The molecule has 92 valence electrons. The quantitative estimate of drug-likeness (QED) is 0.804. The fourth-order valence-electron chi connectivity index (χ4n) is 2.18. The summed E-state index contributed by atoms with van der Waals surface area (Å²) in [7, 11) is 2.10. The van der Waals surface area contributed by atoms with Crippen molar-refractivity contribution in [1.29, 1.82) is 0 Å². The molecule has 0 amide bonds. The van der Waals surface area contributed by atoms with Gasteiger partial charge in [-0.05, 0) is 24.1 Å². The Bertz CT molecular complexity index is 499. The molecule has 0 bridgehead atoms. The number of hydrogen-bond acceptors (Lipinski definition) is 2. The Kier molecular flexibility index (Phi) is 3.79. The molecule has 3 nitrogen and oxygen atoms in total. The first kappa shape index (κ1) is 12.1. The molecular formula is C14H21N3. The van der Waals surface area contributed by atoms with Crippen molar-refractivity contribution in [3.8, 4) is 0 Å². The van der Waals surface area contributed by atoms with Crippen LogP contribution in [0.3, 0.4) is 0 Å². The van der Waals surface area contributed by atoms with E-state index in [-0.39, 0.29) is 0 Å². The molecule has 1 aromatic carbocycles. The van der Waals surface area contributed by atoms with Crippen LogP contribution < -0.4 is 5.73 Å². The Morgan fingerprint density at radius 1 is 1.29 bits per heavy atom. The number of rotatable bonds is 5. The van der Waals surface area contributed by atoms with E-state index in [1.165, 1.54) is 30.6 Å². The van der Waals surface area contributed by atoms with Gasteiger partial charge in [-0.3, -0.25) is 0 Å². The molecule has 0 saturated carbocycles. The van der Waals surface area contributed by atoms with Gasteiger partial charge < -0.3 is 10.3 Å². The minimum Gasteiger partial charge on any atom is -0.331 e. The second kappa shape index (κ2) is 5.32. The zero-order valence-electron chi connectivity index (χ0n) is 10.7. The van der Waals surface area contributed by atoms with Crippen molar-refractivity contribution in [3.63, 3.8) is 0 Å². The van der Waals surface area contributed by atoms with Crippen LogP contribution in [-0.2, 0) is 20.0 Å². The van der Waals surface area contributed by atoms with Gasteiger partial charge in [0.15, 0.2) is 0 Å². The predicted octanol–water partition coefficient (Wildman–Crippen LogP) is 2.76. The van der Waals surface area contributed by atoms with E-state index >= 15 is 0 Å². The number of fused-ring (bicyclic) bond motifs is 1. The lowest BCUT2D eigenvalue weighted by Crippen LogP contribution is -1.98. The van der Waals surface area contributed by atoms with Gasteiger partial charge in [-0.1, -0.05) is 25.8 Å². The first-order valence-electron chi connectivity index (χ1n) is 6.40. The molecular weight excluding hydrogens is 210 g/mol. The third-order valence-corrected chi connectivity index (χ3v) is 3.28. The van der Waals surface area contributed by atoms with Crippen molar-refractivity contribution in [2.45, 2.75) is 39.2 Å². The number of nitrogens with two attached hydrogens (primary N) is 1. The Labute approximate surface area is 103 Å². The second-order valence-corrected chi connectivity index (χ2v) is 4.57. The van der Waals surface area contributed by atoms with Crippen molar-refractivity contribution in [2.24, 2.45) is 12.8 Å². The monoisotopic (exact) mass is 231 g/mol. The first-order chi connectivity index (χ1) is 8.26. The van der Waals surface area contributed by atoms with Gasteiger partial charge in [0.1, 0.15) is 5.82 Å². The minimum absolute atomic E-state index is 0.581. The summed E-state index contributed by atoms with van der Waals surface area (Å²) in [6, 6.07) is 6.30. The van der Waals surface area contributed by atoms with Gasteiger partial charge in [0, 0.05) is 20.0 Å². The topological polar surface area (TPSA) is 43.8 Å². The van der Waals surface area contributed by atoms with Crippen molar-refractivity contribution >= 4 is 11.0 Å². The number of hydrogen-bond donors (Lipinski definition) is 1. The Balaban J connectivity index is 2.28. The average molecular weight is 231 g/mol. The third kappa shape index (κ3) is 2.50. The molecule has 0 radical (unpaired) electrons. The standard InChI is InChI=1S/C14H21N3/c1-3-4-5-6-14-16-12-9-11(10-15)7-8-13(12)17(14)2/h7-9H,3-6,10,15H2,1-2H3. The molecule has 2 aromatic rings. The summed E-state index contributed by atoms with van der Waals surface area (Å²) in [6.45, 7) is 2.81. The second-order valence-electron chi connectivity index (χ2n) is 4.57. The van der Waals surface area contributed by atoms with Crippen molar-refractivity contribution in [3.05, 3.63) is 29.6 Å². The lowest BCUT2D eigenvalue weighted by Gasteiger charge is -2.01. The molecule has 1 heterocycles. The molecule has 0 unspecified atom stereocenters. The Morgan fingerprint density at radius 2 is 2.12 bits per heavy atom. The number of imidazole rings is 1. The van der Waals surface area contributed by atoms with Crippen LogP contribution in [0.2, 0.25) is 0 Å². The highest BCUT2D eigenvalue weighted by atomic mass is 15.1. The number of nitrogens with zero attached hydrogens (tertiary/aromatic N) is 2. The van der Waals surface area contributed by atoms with E-state index in [0.29, 0.717) is 6.54 Å². The summed E-state index contributed by atoms with van der Waals surface area (Å²) < 4.78 is 2.20. The number of benzene rings is 1. The van der Waals surface area contributed by atoms with Gasteiger partial charge in [-0.2, -0.15) is 0 Å². The fourth-order valence-corrected chi connectivity index (χ4v) is 2.18. The van der Waals surface area contributed by atoms with Gasteiger partial charge in [0.2, 0.25) is 0 Å². The zero-order chi connectivity index (χ0) is 12.3. The molecule has 0 saturated heterocycles. The summed E-state index contributed by atoms with van der Waals surface area (Å²) in [6.07, 6.45) is 4.81. The highest BCUT2D eigenvalue weighted by Crippen LogP contribution is 2.18. The van der Waals surface area contributed by atoms with E-state index in [0.717, 1.165) is 17.5 Å². The highest BCUT2D eigenvalue weighted by molar-refractivity contribution is 5.76. The normalized spacial score (nSPS) is 11.2. The van der Waals surface area contributed by atoms with Crippen LogP contribution in [-0.4, -0.2) is 9.55 Å². The van der Waals surface area contributed by atoms with Crippen LogP contribution in [0.5, 0.6) is 0 Å². The lowest BCUT2D eigenvalue weighted by atomic mass is 10.2. The van der Waals surface area contributed by atoms with Crippen molar-refractivity contribution in [2.75, 3.05) is 0 Å². The van der Waals surface area contributed by atoms with Crippen molar-refractivity contribution in [1.82, 2.24) is 9.55 Å². The Hall–Kier alpha value is -1.35. The largest absolute Gasteiger partial charge is 0.331 e. The predicted molar refractivity (Wildman–Crippen MR) is 71.8 cm³/mol. The lowest BCUT2D eigenvalue weighted by molar-refractivity contribution is 0.676. The summed E-state index contributed by atoms with van der Waals surface area (Å²) in [4.78, 5) is 4.70. The van der Waals surface area contributed by atoms with Crippen LogP contribution in [0.25, 0.3) is 11.0 Å². The van der Waals surface area contributed by atoms with Crippen LogP contribution in [0, 0.1) is 0 Å². The van der Waals surface area contributed by atoms with Crippen LogP contribution in [0.4, 0.5) is 0 Å². The van der Waals surface area contributed by atoms with E-state index in [1.54, 1.807) is 0 Å². The van der Waals surface area contributed by atoms with E-state index in [9.17, 15) is 0 Å².